The Morgan fingerprint density at radius 2 is 2.00 bits per heavy atom. The zero-order valence-electron chi connectivity index (χ0n) is 12.9. The summed E-state index contributed by atoms with van der Waals surface area (Å²) in [6, 6.07) is 8.82. The van der Waals surface area contributed by atoms with Crippen molar-refractivity contribution >= 4 is 0 Å². The zero-order chi connectivity index (χ0) is 14.8. The molecule has 1 aromatic rings. The lowest BCUT2D eigenvalue weighted by Crippen LogP contribution is -2.18. The zero-order valence-corrected chi connectivity index (χ0v) is 12.9. The highest BCUT2D eigenvalue weighted by Crippen LogP contribution is 2.13. The monoisotopic (exact) mass is 269 g/mol. The normalized spacial score (nSPS) is 11.7. The highest BCUT2D eigenvalue weighted by molar-refractivity contribution is 5.32. The molecule has 20 heavy (non-hydrogen) atoms. The largest absolute Gasteiger partial charge is 0.302 e. The van der Waals surface area contributed by atoms with Crippen LogP contribution in [0.5, 0.6) is 0 Å². The summed E-state index contributed by atoms with van der Waals surface area (Å²) in [4.78, 5) is 2.39. The third kappa shape index (κ3) is 6.03. The summed E-state index contributed by atoms with van der Waals surface area (Å²) in [6.07, 6.45) is 9.18. The van der Waals surface area contributed by atoms with Crippen LogP contribution in [0.25, 0.3) is 0 Å². The Balaban J connectivity index is 2.68. The standard InChI is InChI=1S/C19H27N/c1-5-8-13-20(4)16-19-12-9-11-18(15-19)14-17(7-3)10-6-2/h6-7,9-12,15H,2-3,5,8,13-14,16H2,1,4H3/b17-10+. The third-order valence-electron chi connectivity index (χ3n) is 3.34. The quantitative estimate of drug-likeness (QED) is 0.584. The molecule has 1 heteroatoms. The van der Waals surface area contributed by atoms with Gasteiger partial charge in [-0.2, -0.15) is 0 Å². The fraction of sp³-hybridized carbons (Fsp3) is 0.368. The molecule has 0 bridgehead atoms. The topological polar surface area (TPSA) is 3.24 Å². The van der Waals surface area contributed by atoms with E-state index in [2.05, 4.69) is 56.3 Å². The molecular weight excluding hydrogens is 242 g/mol. The molecule has 0 unspecified atom stereocenters. The molecule has 0 fully saturated rings. The van der Waals surface area contributed by atoms with E-state index in [-0.39, 0.29) is 0 Å². The average molecular weight is 269 g/mol. The predicted octanol–water partition coefficient (Wildman–Crippen LogP) is 4.76. The smallest absolute Gasteiger partial charge is 0.0230 e. The minimum absolute atomic E-state index is 0.919. The number of nitrogens with zero attached hydrogens (tertiary/aromatic N) is 1. The minimum Gasteiger partial charge on any atom is -0.302 e. The molecular formula is C19H27N. The maximum atomic E-state index is 3.86. The molecule has 0 spiro atoms. The highest BCUT2D eigenvalue weighted by Gasteiger charge is 2.02. The third-order valence-corrected chi connectivity index (χ3v) is 3.34. The second-order valence-electron chi connectivity index (χ2n) is 5.27. The van der Waals surface area contributed by atoms with Gasteiger partial charge in [-0.25, -0.2) is 0 Å². The Hall–Kier alpha value is -1.60. The van der Waals surface area contributed by atoms with Crippen molar-refractivity contribution < 1.29 is 0 Å². The summed E-state index contributed by atoms with van der Waals surface area (Å²) in [5.41, 5.74) is 3.92. The Morgan fingerprint density at radius 3 is 2.65 bits per heavy atom. The summed E-state index contributed by atoms with van der Waals surface area (Å²) in [7, 11) is 2.19. The van der Waals surface area contributed by atoms with Gasteiger partial charge < -0.3 is 4.90 Å². The van der Waals surface area contributed by atoms with Gasteiger partial charge in [0.05, 0.1) is 0 Å². The number of unbranched alkanes of at least 4 members (excludes halogenated alkanes) is 1. The average Bonchev–Trinajstić information content (AvgIpc) is 2.45. The minimum atomic E-state index is 0.919. The van der Waals surface area contributed by atoms with Gasteiger partial charge >= 0.3 is 0 Å². The maximum absolute atomic E-state index is 3.86. The Labute approximate surface area is 124 Å². The summed E-state index contributed by atoms with van der Waals surface area (Å²) in [6.45, 7) is 12.0. The van der Waals surface area contributed by atoms with Crippen molar-refractivity contribution in [1.82, 2.24) is 4.90 Å². The van der Waals surface area contributed by atoms with Gasteiger partial charge in [0.1, 0.15) is 0 Å². The molecule has 1 rings (SSSR count). The molecule has 0 saturated heterocycles. The van der Waals surface area contributed by atoms with Crippen molar-refractivity contribution in [2.24, 2.45) is 0 Å². The van der Waals surface area contributed by atoms with Crippen LogP contribution in [0.4, 0.5) is 0 Å². The van der Waals surface area contributed by atoms with Crippen LogP contribution in [0.15, 0.2) is 61.2 Å². The number of allylic oxidation sites excluding steroid dienone is 4. The molecule has 0 aliphatic carbocycles. The molecule has 1 nitrogen and oxygen atoms in total. The van der Waals surface area contributed by atoms with Crippen LogP contribution in [0.2, 0.25) is 0 Å². The van der Waals surface area contributed by atoms with Crippen LogP contribution < -0.4 is 0 Å². The lowest BCUT2D eigenvalue weighted by atomic mass is 10.0. The van der Waals surface area contributed by atoms with Crippen molar-refractivity contribution in [2.45, 2.75) is 32.7 Å². The van der Waals surface area contributed by atoms with E-state index >= 15 is 0 Å². The van der Waals surface area contributed by atoms with E-state index in [0.717, 1.165) is 19.5 Å². The summed E-state index contributed by atoms with van der Waals surface area (Å²) >= 11 is 0. The number of hydrogen-bond donors (Lipinski definition) is 0. The van der Waals surface area contributed by atoms with E-state index < -0.39 is 0 Å². The van der Waals surface area contributed by atoms with Crippen LogP contribution in [0.3, 0.4) is 0 Å². The number of hydrogen-bond acceptors (Lipinski definition) is 1. The first-order valence-corrected chi connectivity index (χ1v) is 7.40. The Kier molecular flexibility index (Phi) is 7.67. The first-order valence-electron chi connectivity index (χ1n) is 7.40. The first-order chi connectivity index (χ1) is 9.69. The summed E-state index contributed by atoms with van der Waals surface area (Å²) in [5, 5.41) is 0. The number of benzene rings is 1. The van der Waals surface area contributed by atoms with Gasteiger partial charge in [-0.3, -0.25) is 0 Å². The van der Waals surface area contributed by atoms with E-state index in [1.165, 1.54) is 29.5 Å². The highest BCUT2D eigenvalue weighted by atomic mass is 15.1. The van der Waals surface area contributed by atoms with Crippen LogP contribution in [0, 0.1) is 0 Å². The molecule has 0 aliphatic heterocycles. The van der Waals surface area contributed by atoms with Crippen LogP contribution in [0.1, 0.15) is 30.9 Å². The second-order valence-corrected chi connectivity index (χ2v) is 5.27. The van der Waals surface area contributed by atoms with E-state index in [9.17, 15) is 0 Å². The Morgan fingerprint density at radius 1 is 1.25 bits per heavy atom. The van der Waals surface area contributed by atoms with Crippen LogP contribution in [-0.2, 0) is 13.0 Å². The SMILES string of the molecule is C=C/C=C(\C=C)Cc1cccc(CN(C)CCCC)c1. The van der Waals surface area contributed by atoms with E-state index in [4.69, 9.17) is 0 Å². The Bertz CT molecular complexity index is 457. The van der Waals surface area contributed by atoms with Crippen molar-refractivity contribution in [3.63, 3.8) is 0 Å². The molecule has 0 saturated carbocycles. The van der Waals surface area contributed by atoms with Gasteiger partial charge in [-0.15, -0.1) is 0 Å². The lowest BCUT2D eigenvalue weighted by molar-refractivity contribution is 0.321. The fourth-order valence-electron chi connectivity index (χ4n) is 2.24. The van der Waals surface area contributed by atoms with Crippen molar-refractivity contribution in [1.29, 1.82) is 0 Å². The van der Waals surface area contributed by atoms with Gasteiger partial charge in [0.15, 0.2) is 0 Å². The number of rotatable bonds is 9. The summed E-state index contributed by atoms with van der Waals surface area (Å²) in [5.74, 6) is 0. The second kappa shape index (κ2) is 9.33. The van der Waals surface area contributed by atoms with Gasteiger partial charge in [-0.05, 0) is 43.1 Å². The van der Waals surface area contributed by atoms with Crippen molar-refractivity contribution in [2.75, 3.05) is 13.6 Å². The van der Waals surface area contributed by atoms with Crippen LogP contribution >= 0.6 is 0 Å². The molecule has 0 aromatic heterocycles. The van der Waals surface area contributed by atoms with Gasteiger partial charge in [0.2, 0.25) is 0 Å². The maximum Gasteiger partial charge on any atom is 0.0230 e. The van der Waals surface area contributed by atoms with Crippen molar-refractivity contribution in [3.05, 3.63) is 72.4 Å². The molecule has 0 N–H and O–H groups in total. The van der Waals surface area contributed by atoms with Gasteiger partial charge in [0, 0.05) is 6.54 Å². The van der Waals surface area contributed by atoms with E-state index in [1.807, 2.05) is 18.2 Å². The van der Waals surface area contributed by atoms with Gasteiger partial charge in [0.25, 0.3) is 0 Å². The first kappa shape index (κ1) is 16.5. The molecule has 0 aliphatic rings. The van der Waals surface area contributed by atoms with Crippen molar-refractivity contribution in [3.8, 4) is 0 Å². The summed E-state index contributed by atoms with van der Waals surface area (Å²) < 4.78 is 0. The molecule has 1 aromatic carbocycles. The predicted molar refractivity (Wildman–Crippen MR) is 89.9 cm³/mol. The molecule has 0 amide bonds. The fourth-order valence-corrected chi connectivity index (χ4v) is 2.24. The molecule has 0 radical (unpaired) electrons. The van der Waals surface area contributed by atoms with E-state index in [1.54, 1.807) is 0 Å². The lowest BCUT2D eigenvalue weighted by Gasteiger charge is -2.16. The van der Waals surface area contributed by atoms with Gasteiger partial charge in [-0.1, -0.05) is 69.0 Å². The molecule has 0 atom stereocenters. The van der Waals surface area contributed by atoms with E-state index in [0.29, 0.717) is 0 Å². The molecule has 0 heterocycles. The molecule has 108 valence electrons. The van der Waals surface area contributed by atoms with Crippen LogP contribution in [-0.4, -0.2) is 18.5 Å².